The number of amides is 2. The average Bonchev–Trinajstić information content (AvgIpc) is 3.00. The second kappa shape index (κ2) is 6.09. The fraction of sp³-hybridized carbons (Fsp3) is 0. The number of non-ortho nitro benzene ring substituents is 1. The maximum atomic E-state index is 12.3. The molecule has 0 aliphatic heterocycles. The number of nitrogens with one attached hydrogen (secondary N) is 1. The van der Waals surface area contributed by atoms with Crippen LogP contribution in [0.2, 0.25) is 0 Å². The Hall–Kier alpha value is -3.26. The highest BCUT2D eigenvalue weighted by Gasteiger charge is 2.13. The molecule has 0 saturated carbocycles. The second-order valence-corrected chi connectivity index (χ2v) is 6.03. The van der Waals surface area contributed by atoms with E-state index in [0.29, 0.717) is 21.5 Å². The molecule has 0 unspecified atom stereocenters. The summed E-state index contributed by atoms with van der Waals surface area (Å²) in [5, 5.41) is 14.1. The van der Waals surface area contributed by atoms with E-state index < -0.39 is 16.7 Å². The fourth-order valence-electron chi connectivity index (χ4n) is 2.22. The Morgan fingerprint density at radius 2 is 1.83 bits per heavy atom. The first-order valence-electron chi connectivity index (χ1n) is 6.84. The molecule has 0 atom stereocenters. The normalized spacial score (nSPS) is 10.5. The van der Waals surface area contributed by atoms with Gasteiger partial charge in [-0.1, -0.05) is 6.07 Å². The molecule has 24 heavy (non-hydrogen) atoms. The van der Waals surface area contributed by atoms with Gasteiger partial charge in [0.05, 0.1) is 9.80 Å². The molecule has 0 fully saturated rings. The lowest BCUT2D eigenvalue weighted by atomic mass is 10.1. The molecule has 3 aromatic rings. The third-order valence-corrected chi connectivity index (χ3v) is 4.51. The Kier molecular flexibility index (Phi) is 3.97. The lowest BCUT2D eigenvalue weighted by Gasteiger charge is -2.06. The number of nitrogens with zero attached hydrogens (tertiary/aromatic N) is 1. The van der Waals surface area contributed by atoms with Gasteiger partial charge in [-0.15, -0.1) is 11.3 Å². The summed E-state index contributed by atoms with van der Waals surface area (Å²) in [6.45, 7) is 0. The molecule has 1 aromatic heterocycles. The molecule has 2 amide bonds. The van der Waals surface area contributed by atoms with Crippen LogP contribution in [-0.4, -0.2) is 16.7 Å². The molecule has 0 spiro atoms. The number of nitro groups is 1. The van der Waals surface area contributed by atoms with Crippen molar-refractivity contribution >= 4 is 44.6 Å². The van der Waals surface area contributed by atoms with Gasteiger partial charge in [0.25, 0.3) is 17.5 Å². The topological polar surface area (TPSA) is 115 Å². The van der Waals surface area contributed by atoms with Crippen LogP contribution in [0.4, 0.5) is 11.4 Å². The summed E-state index contributed by atoms with van der Waals surface area (Å²) in [5.41, 5.74) is 6.04. The zero-order chi connectivity index (χ0) is 17.3. The number of hydrogen-bond acceptors (Lipinski definition) is 5. The van der Waals surface area contributed by atoms with Crippen molar-refractivity contribution in [1.82, 2.24) is 0 Å². The number of thiophene rings is 1. The van der Waals surface area contributed by atoms with E-state index in [1.54, 1.807) is 18.2 Å². The maximum Gasteiger partial charge on any atom is 0.269 e. The minimum Gasteiger partial charge on any atom is -0.365 e. The second-order valence-electron chi connectivity index (χ2n) is 4.95. The first-order valence-corrected chi connectivity index (χ1v) is 7.65. The van der Waals surface area contributed by atoms with Gasteiger partial charge in [-0.3, -0.25) is 19.7 Å². The number of nitro benzene ring substituents is 1. The zero-order valence-electron chi connectivity index (χ0n) is 12.2. The average molecular weight is 341 g/mol. The summed E-state index contributed by atoms with van der Waals surface area (Å²) in [6.07, 6.45) is 0. The van der Waals surface area contributed by atoms with E-state index in [4.69, 9.17) is 5.73 Å². The number of hydrogen-bond donors (Lipinski definition) is 2. The molecule has 0 aliphatic rings. The largest absolute Gasteiger partial charge is 0.365 e. The highest BCUT2D eigenvalue weighted by Crippen LogP contribution is 2.31. The van der Waals surface area contributed by atoms with Gasteiger partial charge in [0, 0.05) is 33.5 Å². The highest BCUT2D eigenvalue weighted by atomic mass is 32.1. The predicted molar refractivity (Wildman–Crippen MR) is 91.4 cm³/mol. The van der Waals surface area contributed by atoms with E-state index in [0.717, 1.165) is 4.70 Å². The van der Waals surface area contributed by atoms with Gasteiger partial charge in [0.2, 0.25) is 0 Å². The number of nitrogens with two attached hydrogens (primary N) is 1. The number of benzene rings is 2. The quantitative estimate of drug-likeness (QED) is 0.560. The molecule has 7 nitrogen and oxygen atoms in total. The van der Waals surface area contributed by atoms with Crippen molar-refractivity contribution in [3.8, 4) is 0 Å². The Balaban J connectivity index is 1.90. The van der Waals surface area contributed by atoms with Crippen LogP contribution in [0.5, 0.6) is 0 Å². The number of carbonyl (C=O) groups excluding carboxylic acids is 2. The summed E-state index contributed by atoms with van der Waals surface area (Å²) >= 11 is 1.25. The van der Waals surface area contributed by atoms with Crippen molar-refractivity contribution in [3.05, 3.63) is 69.1 Å². The first-order chi connectivity index (χ1) is 11.5. The molecule has 0 bridgehead atoms. The Morgan fingerprint density at radius 1 is 1.12 bits per heavy atom. The minimum atomic E-state index is -0.529. The monoisotopic (exact) mass is 341 g/mol. The summed E-state index contributed by atoms with van der Waals surface area (Å²) in [7, 11) is 0. The van der Waals surface area contributed by atoms with Crippen molar-refractivity contribution in [2.24, 2.45) is 5.73 Å². The Labute approximate surface area is 139 Å². The lowest BCUT2D eigenvalue weighted by molar-refractivity contribution is -0.384. The SMILES string of the molecule is NC(=O)c1cc2c(NC(=O)c3ccc([N+](=O)[O-])cc3)cccc2s1. The molecule has 1 heterocycles. The van der Waals surface area contributed by atoms with E-state index in [9.17, 15) is 19.7 Å². The van der Waals surface area contributed by atoms with E-state index in [1.807, 2.05) is 6.07 Å². The van der Waals surface area contributed by atoms with Crippen LogP contribution in [0.1, 0.15) is 20.0 Å². The van der Waals surface area contributed by atoms with Gasteiger partial charge < -0.3 is 11.1 Å². The van der Waals surface area contributed by atoms with Crippen LogP contribution in [-0.2, 0) is 0 Å². The number of rotatable bonds is 4. The number of carbonyl (C=O) groups is 2. The third-order valence-electron chi connectivity index (χ3n) is 3.39. The molecule has 0 saturated heterocycles. The molecular formula is C16H11N3O4S. The van der Waals surface area contributed by atoms with Crippen LogP contribution in [0.15, 0.2) is 48.5 Å². The smallest absolute Gasteiger partial charge is 0.269 e. The molecule has 120 valence electrons. The standard InChI is InChI=1S/C16H11N3O4S/c17-15(20)14-8-11-12(2-1-3-13(11)24-14)18-16(21)9-4-6-10(7-5-9)19(22)23/h1-8H,(H2,17,20)(H,18,21). The van der Waals surface area contributed by atoms with Gasteiger partial charge in [-0.05, 0) is 30.3 Å². The van der Waals surface area contributed by atoms with Gasteiger partial charge in [-0.2, -0.15) is 0 Å². The maximum absolute atomic E-state index is 12.3. The molecule has 0 aliphatic carbocycles. The van der Waals surface area contributed by atoms with Gasteiger partial charge in [-0.25, -0.2) is 0 Å². The van der Waals surface area contributed by atoms with Crippen molar-refractivity contribution in [3.63, 3.8) is 0 Å². The Morgan fingerprint density at radius 3 is 2.46 bits per heavy atom. The molecule has 8 heteroatoms. The Bertz CT molecular complexity index is 963. The summed E-state index contributed by atoms with van der Waals surface area (Å²) in [4.78, 5) is 34.1. The summed E-state index contributed by atoms with van der Waals surface area (Å²) in [6, 6.07) is 12.2. The van der Waals surface area contributed by atoms with Gasteiger partial charge >= 0.3 is 0 Å². The number of primary amides is 1. The minimum absolute atomic E-state index is 0.0856. The van der Waals surface area contributed by atoms with Crippen molar-refractivity contribution in [2.45, 2.75) is 0 Å². The fourth-order valence-corrected chi connectivity index (χ4v) is 3.16. The van der Waals surface area contributed by atoms with Crippen LogP contribution in [0, 0.1) is 10.1 Å². The zero-order valence-corrected chi connectivity index (χ0v) is 13.0. The lowest BCUT2D eigenvalue weighted by Crippen LogP contribution is -2.12. The van der Waals surface area contributed by atoms with Crippen LogP contribution < -0.4 is 11.1 Å². The van der Waals surface area contributed by atoms with Crippen LogP contribution in [0.3, 0.4) is 0 Å². The number of anilines is 1. The molecule has 2 aromatic carbocycles. The van der Waals surface area contributed by atoms with Crippen LogP contribution >= 0.6 is 11.3 Å². The van der Waals surface area contributed by atoms with E-state index in [2.05, 4.69) is 5.32 Å². The summed E-state index contributed by atoms with van der Waals surface area (Å²) < 4.78 is 0.824. The van der Waals surface area contributed by atoms with Crippen molar-refractivity contribution in [1.29, 1.82) is 0 Å². The molecule has 0 radical (unpaired) electrons. The van der Waals surface area contributed by atoms with E-state index in [-0.39, 0.29) is 5.69 Å². The molecule has 3 rings (SSSR count). The van der Waals surface area contributed by atoms with Crippen LogP contribution in [0.25, 0.3) is 10.1 Å². The summed E-state index contributed by atoms with van der Waals surface area (Å²) in [5.74, 6) is -0.923. The van der Waals surface area contributed by atoms with Crippen molar-refractivity contribution < 1.29 is 14.5 Å². The van der Waals surface area contributed by atoms with E-state index in [1.165, 1.54) is 35.6 Å². The first kappa shape index (κ1) is 15.6. The highest BCUT2D eigenvalue weighted by molar-refractivity contribution is 7.20. The predicted octanol–water partition coefficient (Wildman–Crippen LogP) is 3.16. The van der Waals surface area contributed by atoms with Gasteiger partial charge in [0.15, 0.2) is 0 Å². The molecule has 3 N–H and O–H groups in total. The third kappa shape index (κ3) is 2.95. The molecular weight excluding hydrogens is 330 g/mol. The number of fused-ring (bicyclic) bond motifs is 1. The van der Waals surface area contributed by atoms with Crippen molar-refractivity contribution in [2.75, 3.05) is 5.32 Å². The van der Waals surface area contributed by atoms with Gasteiger partial charge in [0.1, 0.15) is 0 Å². The van der Waals surface area contributed by atoms with E-state index >= 15 is 0 Å².